The van der Waals surface area contributed by atoms with Gasteiger partial charge in [0.15, 0.2) is 0 Å². The van der Waals surface area contributed by atoms with Gasteiger partial charge in [-0.05, 0) is 35.7 Å². The van der Waals surface area contributed by atoms with E-state index in [-0.39, 0.29) is 5.82 Å². The largest absolute Gasteiger partial charge is 0.255 e. The van der Waals surface area contributed by atoms with Crippen molar-refractivity contribution in [1.82, 2.24) is 4.98 Å². The van der Waals surface area contributed by atoms with Crippen molar-refractivity contribution in [3.8, 4) is 11.3 Å². The lowest BCUT2D eigenvalue weighted by Crippen LogP contribution is -1.89. The maximum Gasteiger partial charge on any atom is 0.132 e. The van der Waals surface area contributed by atoms with Crippen molar-refractivity contribution in [2.24, 2.45) is 0 Å². The van der Waals surface area contributed by atoms with Crippen molar-refractivity contribution in [1.29, 1.82) is 0 Å². The standard InChI is InChI=1S/C15H9ClFN/c16-11-6-5-10-7-8-18-15(13(10)9-11)12-3-1-2-4-14(12)17/h1-9H. The highest BCUT2D eigenvalue weighted by atomic mass is 35.5. The molecule has 0 atom stereocenters. The summed E-state index contributed by atoms with van der Waals surface area (Å²) in [6.07, 6.45) is 1.68. The summed E-state index contributed by atoms with van der Waals surface area (Å²) in [6.45, 7) is 0. The number of aromatic nitrogens is 1. The molecule has 0 aliphatic rings. The van der Waals surface area contributed by atoms with Gasteiger partial charge < -0.3 is 0 Å². The third kappa shape index (κ3) is 1.85. The molecule has 3 aromatic rings. The molecule has 0 spiro atoms. The average Bonchev–Trinajstić information content (AvgIpc) is 2.39. The normalized spacial score (nSPS) is 10.8. The monoisotopic (exact) mass is 257 g/mol. The summed E-state index contributed by atoms with van der Waals surface area (Å²) in [5.74, 6) is -0.280. The molecule has 18 heavy (non-hydrogen) atoms. The van der Waals surface area contributed by atoms with E-state index in [2.05, 4.69) is 4.98 Å². The molecule has 0 aliphatic carbocycles. The predicted octanol–water partition coefficient (Wildman–Crippen LogP) is 4.69. The fraction of sp³-hybridized carbons (Fsp3) is 0. The van der Waals surface area contributed by atoms with Gasteiger partial charge in [-0.25, -0.2) is 4.39 Å². The molecule has 0 unspecified atom stereocenters. The minimum Gasteiger partial charge on any atom is -0.255 e. The van der Waals surface area contributed by atoms with Crippen LogP contribution in [0.25, 0.3) is 22.0 Å². The molecule has 0 amide bonds. The SMILES string of the molecule is Fc1ccccc1-c1nccc2ccc(Cl)cc12. The highest BCUT2D eigenvalue weighted by Crippen LogP contribution is 2.29. The molecule has 0 saturated heterocycles. The second-order valence-corrected chi connectivity index (χ2v) is 4.44. The average molecular weight is 258 g/mol. The van der Waals surface area contributed by atoms with Gasteiger partial charge in [0, 0.05) is 22.2 Å². The van der Waals surface area contributed by atoms with E-state index in [0.29, 0.717) is 16.3 Å². The second kappa shape index (κ2) is 4.39. The van der Waals surface area contributed by atoms with Gasteiger partial charge in [0.2, 0.25) is 0 Å². The first kappa shape index (κ1) is 11.2. The summed E-state index contributed by atoms with van der Waals surface area (Å²) in [5, 5.41) is 2.47. The lowest BCUT2D eigenvalue weighted by Gasteiger charge is -2.07. The van der Waals surface area contributed by atoms with Crippen LogP contribution in [0.2, 0.25) is 5.02 Å². The van der Waals surface area contributed by atoms with Gasteiger partial charge in [-0.1, -0.05) is 29.8 Å². The Morgan fingerprint density at radius 2 is 1.83 bits per heavy atom. The molecule has 0 saturated carbocycles. The van der Waals surface area contributed by atoms with E-state index < -0.39 is 0 Å². The minimum atomic E-state index is -0.280. The van der Waals surface area contributed by atoms with E-state index >= 15 is 0 Å². The Bertz CT molecular complexity index is 725. The van der Waals surface area contributed by atoms with Crippen LogP contribution in [0.5, 0.6) is 0 Å². The second-order valence-electron chi connectivity index (χ2n) is 4.00. The summed E-state index contributed by atoms with van der Waals surface area (Å²) < 4.78 is 13.8. The molecule has 0 N–H and O–H groups in total. The van der Waals surface area contributed by atoms with Crippen LogP contribution < -0.4 is 0 Å². The van der Waals surface area contributed by atoms with Gasteiger partial charge in [0.1, 0.15) is 5.82 Å². The minimum absolute atomic E-state index is 0.280. The van der Waals surface area contributed by atoms with Crippen LogP contribution in [-0.2, 0) is 0 Å². The third-order valence-corrected chi connectivity index (χ3v) is 3.09. The van der Waals surface area contributed by atoms with Crippen molar-refractivity contribution in [3.05, 3.63) is 65.6 Å². The zero-order chi connectivity index (χ0) is 12.5. The van der Waals surface area contributed by atoms with E-state index in [4.69, 9.17) is 11.6 Å². The fourth-order valence-corrected chi connectivity index (χ4v) is 2.18. The number of fused-ring (bicyclic) bond motifs is 1. The van der Waals surface area contributed by atoms with Crippen molar-refractivity contribution < 1.29 is 4.39 Å². The molecule has 0 aliphatic heterocycles. The summed E-state index contributed by atoms with van der Waals surface area (Å²) in [7, 11) is 0. The topological polar surface area (TPSA) is 12.9 Å². The Kier molecular flexibility index (Phi) is 2.73. The number of pyridine rings is 1. The molecule has 3 heteroatoms. The first-order valence-corrected chi connectivity index (χ1v) is 5.93. The zero-order valence-corrected chi connectivity index (χ0v) is 10.2. The van der Waals surface area contributed by atoms with E-state index in [1.807, 2.05) is 24.3 Å². The maximum atomic E-state index is 13.8. The van der Waals surface area contributed by atoms with Gasteiger partial charge in [0.25, 0.3) is 0 Å². The van der Waals surface area contributed by atoms with Crippen LogP contribution in [-0.4, -0.2) is 4.98 Å². The van der Waals surface area contributed by atoms with E-state index in [1.165, 1.54) is 6.07 Å². The molecule has 1 aromatic heterocycles. The van der Waals surface area contributed by atoms with Crippen molar-refractivity contribution in [2.75, 3.05) is 0 Å². The highest BCUT2D eigenvalue weighted by molar-refractivity contribution is 6.31. The fourth-order valence-electron chi connectivity index (χ4n) is 2.01. The number of nitrogens with zero attached hydrogens (tertiary/aromatic N) is 1. The Hall–Kier alpha value is -1.93. The molecule has 0 bridgehead atoms. The molecule has 88 valence electrons. The molecule has 0 radical (unpaired) electrons. The van der Waals surface area contributed by atoms with Crippen LogP contribution in [0.3, 0.4) is 0 Å². The Labute approximate surface area is 109 Å². The quantitative estimate of drug-likeness (QED) is 0.616. The molecular weight excluding hydrogens is 249 g/mol. The van der Waals surface area contributed by atoms with Gasteiger partial charge in [-0.3, -0.25) is 4.98 Å². The third-order valence-electron chi connectivity index (χ3n) is 2.86. The summed E-state index contributed by atoms with van der Waals surface area (Å²) in [4.78, 5) is 4.28. The van der Waals surface area contributed by atoms with Crippen molar-refractivity contribution in [3.63, 3.8) is 0 Å². The van der Waals surface area contributed by atoms with Crippen LogP contribution in [0.4, 0.5) is 4.39 Å². The lowest BCUT2D eigenvalue weighted by atomic mass is 10.0. The van der Waals surface area contributed by atoms with E-state index in [9.17, 15) is 4.39 Å². The van der Waals surface area contributed by atoms with Crippen molar-refractivity contribution >= 4 is 22.4 Å². The number of benzene rings is 2. The number of rotatable bonds is 1. The molecule has 1 heterocycles. The molecule has 2 aromatic carbocycles. The smallest absolute Gasteiger partial charge is 0.132 e. The van der Waals surface area contributed by atoms with E-state index in [0.717, 1.165) is 10.8 Å². The number of halogens is 2. The highest BCUT2D eigenvalue weighted by Gasteiger charge is 2.09. The Morgan fingerprint density at radius 3 is 2.67 bits per heavy atom. The van der Waals surface area contributed by atoms with Crippen LogP contribution in [0.1, 0.15) is 0 Å². The maximum absolute atomic E-state index is 13.8. The Morgan fingerprint density at radius 1 is 1.00 bits per heavy atom. The summed E-state index contributed by atoms with van der Waals surface area (Å²) >= 11 is 6.00. The Balaban J connectivity index is 2.36. The molecular formula is C15H9ClFN. The van der Waals surface area contributed by atoms with Crippen LogP contribution >= 0.6 is 11.6 Å². The molecule has 3 rings (SSSR count). The van der Waals surface area contributed by atoms with Gasteiger partial charge in [-0.2, -0.15) is 0 Å². The zero-order valence-electron chi connectivity index (χ0n) is 9.40. The lowest BCUT2D eigenvalue weighted by molar-refractivity contribution is 0.631. The summed E-state index contributed by atoms with van der Waals surface area (Å²) in [5.41, 5.74) is 1.11. The first-order chi connectivity index (χ1) is 8.75. The van der Waals surface area contributed by atoms with E-state index in [1.54, 1.807) is 24.4 Å². The van der Waals surface area contributed by atoms with Gasteiger partial charge in [-0.15, -0.1) is 0 Å². The van der Waals surface area contributed by atoms with Crippen LogP contribution in [0, 0.1) is 5.82 Å². The van der Waals surface area contributed by atoms with Gasteiger partial charge in [0.05, 0.1) is 5.69 Å². The number of hydrogen-bond donors (Lipinski definition) is 0. The van der Waals surface area contributed by atoms with Gasteiger partial charge >= 0.3 is 0 Å². The number of hydrogen-bond acceptors (Lipinski definition) is 1. The van der Waals surface area contributed by atoms with Crippen LogP contribution in [0.15, 0.2) is 54.7 Å². The van der Waals surface area contributed by atoms with Crippen molar-refractivity contribution in [2.45, 2.75) is 0 Å². The summed E-state index contributed by atoms with van der Waals surface area (Å²) in [6, 6.07) is 14.0. The molecule has 0 fully saturated rings. The molecule has 1 nitrogen and oxygen atoms in total. The predicted molar refractivity (Wildman–Crippen MR) is 72.1 cm³/mol. The first-order valence-electron chi connectivity index (χ1n) is 5.55.